The van der Waals surface area contributed by atoms with Gasteiger partial charge in [0.2, 0.25) is 0 Å². The van der Waals surface area contributed by atoms with E-state index in [1.165, 1.54) is 16.7 Å². The number of carbonyl (C=O) groups excluding carboxylic acids is 1. The lowest BCUT2D eigenvalue weighted by atomic mass is 10.0. The van der Waals surface area contributed by atoms with E-state index in [1.54, 1.807) is 0 Å². The lowest BCUT2D eigenvalue weighted by Gasteiger charge is -2.21. The van der Waals surface area contributed by atoms with E-state index in [4.69, 9.17) is 0 Å². The van der Waals surface area contributed by atoms with E-state index in [-0.39, 0.29) is 5.91 Å². The van der Waals surface area contributed by atoms with Crippen molar-refractivity contribution < 1.29 is 4.79 Å². The first-order valence-corrected chi connectivity index (χ1v) is 10.9. The van der Waals surface area contributed by atoms with Crippen molar-refractivity contribution >= 4 is 17.7 Å². The van der Waals surface area contributed by atoms with E-state index >= 15 is 0 Å². The molecule has 0 spiro atoms. The molecular weight excluding hydrogens is 362 g/mol. The molecule has 2 nitrogen and oxygen atoms in total. The maximum absolute atomic E-state index is 13.0. The second-order valence-electron chi connectivity index (χ2n) is 7.24. The molecule has 1 fully saturated rings. The predicted molar refractivity (Wildman–Crippen MR) is 119 cm³/mol. The average Bonchev–Trinajstić information content (AvgIpc) is 3.00. The Morgan fingerprint density at radius 2 is 1.54 bits per heavy atom. The van der Waals surface area contributed by atoms with Crippen molar-refractivity contribution in [2.24, 2.45) is 0 Å². The van der Waals surface area contributed by atoms with E-state index in [0.717, 1.165) is 36.4 Å². The number of rotatable bonds is 3. The molecule has 0 saturated carbocycles. The van der Waals surface area contributed by atoms with Gasteiger partial charge in [0, 0.05) is 29.7 Å². The van der Waals surface area contributed by atoms with E-state index in [0.29, 0.717) is 5.25 Å². The summed E-state index contributed by atoms with van der Waals surface area (Å²) < 4.78 is 0. The van der Waals surface area contributed by atoms with Crippen molar-refractivity contribution in [1.82, 2.24) is 4.90 Å². The van der Waals surface area contributed by atoms with Gasteiger partial charge < -0.3 is 4.90 Å². The van der Waals surface area contributed by atoms with Crippen molar-refractivity contribution in [1.29, 1.82) is 0 Å². The SMILES string of the molecule is Cc1ccccc1C1CCN(C(=O)c2ccc(-c3ccccc3)cc2)CCS1. The Balaban J connectivity index is 1.44. The normalized spacial score (nSPS) is 17.2. The number of hydrogen-bond acceptors (Lipinski definition) is 2. The molecule has 3 heteroatoms. The van der Waals surface area contributed by atoms with E-state index in [1.807, 2.05) is 59.1 Å². The fourth-order valence-corrected chi connectivity index (χ4v) is 5.11. The molecule has 28 heavy (non-hydrogen) atoms. The molecule has 1 heterocycles. The molecule has 3 aromatic rings. The molecular formula is C25H25NOS. The lowest BCUT2D eigenvalue weighted by molar-refractivity contribution is 0.0766. The summed E-state index contributed by atoms with van der Waals surface area (Å²) in [6.07, 6.45) is 1.00. The monoisotopic (exact) mass is 387 g/mol. The van der Waals surface area contributed by atoms with Crippen LogP contribution < -0.4 is 0 Å². The van der Waals surface area contributed by atoms with Gasteiger partial charge in [-0.25, -0.2) is 0 Å². The molecule has 0 bridgehead atoms. The van der Waals surface area contributed by atoms with Crippen molar-refractivity contribution in [3.05, 3.63) is 95.6 Å². The van der Waals surface area contributed by atoms with Gasteiger partial charge in [0.05, 0.1) is 0 Å². The van der Waals surface area contributed by atoms with Crippen molar-refractivity contribution in [2.75, 3.05) is 18.8 Å². The van der Waals surface area contributed by atoms with Gasteiger partial charge in [-0.1, -0.05) is 66.7 Å². The summed E-state index contributed by atoms with van der Waals surface area (Å²) in [5.41, 5.74) is 5.85. The molecule has 0 N–H and O–H groups in total. The van der Waals surface area contributed by atoms with Crippen LogP contribution in [0.2, 0.25) is 0 Å². The van der Waals surface area contributed by atoms with E-state index in [2.05, 4.69) is 43.3 Å². The Morgan fingerprint density at radius 3 is 2.29 bits per heavy atom. The number of aryl methyl sites for hydroxylation is 1. The molecule has 1 saturated heterocycles. The maximum atomic E-state index is 13.0. The zero-order valence-electron chi connectivity index (χ0n) is 16.2. The van der Waals surface area contributed by atoms with Crippen LogP contribution in [-0.4, -0.2) is 29.6 Å². The minimum atomic E-state index is 0.144. The quantitative estimate of drug-likeness (QED) is 0.551. The molecule has 3 aromatic carbocycles. The second-order valence-corrected chi connectivity index (χ2v) is 8.55. The molecule has 1 amide bonds. The van der Waals surface area contributed by atoms with Crippen LogP contribution in [0, 0.1) is 6.92 Å². The third kappa shape index (κ3) is 4.15. The summed E-state index contributed by atoms with van der Waals surface area (Å²) in [7, 11) is 0. The van der Waals surface area contributed by atoms with Crippen LogP contribution in [0.5, 0.6) is 0 Å². The van der Waals surface area contributed by atoms with Crippen LogP contribution in [0.25, 0.3) is 11.1 Å². The zero-order chi connectivity index (χ0) is 19.3. The Hall–Kier alpha value is -2.52. The minimum absolute atomic E-state index is 0.144. The fraction of sp³-hybridized carbons (Fsp3) is 0.240. The van der Waals surface area contributed by atoms with Crippen LogP contribution in [0.4, 0.5) is 0 Å². The molecule has 0 aliphatic carbocycles. The molecule has 142 valence electrons. The Kier molecular flexibility index (Phi) is 5.82. The molecule has 0 aromatic heterocycles. The van der Waals surface area contributed by atoms with Crippen molar-refractivity contribution in [3.8, 4) is 11.1 Å². The van der Waals surface area contributed by atoms with E-state index in [9.17, 15) is 4.79 Å². The van der Waals surface area contributed by atoms with Gasteiger partial charge in [-0.3, -0.25) is 4.79 Å². The van der Waals surface area contributed by atoms with Crippen molar-refractivity contribution in [3.63, 3.8) is 0 Å². The lowest BCUT2D eigenvalue weighted by Crippen LogP contribution is -2.32. The van der Waals surface area contributed by atoms with Crippen LogP contribution in [-0.2, 0) is 0 Å². The third-order valence-corrected chi connectivity index (χ3v) is 6.71. The largest absolute Gasteiger partial charge is 0.338 e. The summed E-state index contributed by atoms with van der Waals surface area (Å²) in [6, 6.07) is 26.9. The third-order valence-electron chi connectivity index (χ3n) is 5.40. The zero-order valence-corrected chi connectivity index (χ0v) is 17.0. The standard InChI is InChI=1S/C25H25NOS/c1-19-7-5-6-10-23(19)24-15-16-26(17-18-28-24)25(27)22-13-11-21(12-14-22)20-8-3-2-4-9-20/h2-14,24H,15-18H2,1H3. The fourth-order valence-electron chi connectivity index (χ4n) is 3.79. The maximum Gasteiger partial charge on any atom is 0.253 e. The molecule has 0 radical (unpaired) electrons. The molecule has 4 rings (SSSR count). The van der Waals surface area contributed by atoms with Gasteiger partial charge in [-0.2, -0.15) is 11.8 Å². The number of amides is 1. The number of carbonyl (C=O) groups is 1. The van der Waals surface area contributed by atoms with Crippen LogP contribution >= 0.6 is 11.8 Å². The summed E-state index contributed by atoms with van der Waals surface area (Å²) in [5.74, 6) is 1.12. The number of benzene rings is 3. The molecule has 1 aliphatic heterocycles. The van der Waals surface area contributed by atoms with Gasteiger partial charge in [-0.15, -0.1) is 0 Å². The average molecular weight is 388 g/mol. The van der Waals surface area contributed by atoms with Crippen LogP contribution in [0.1, 0.15) is 33.2 Å². The Labute approximate surface area is 171 Å². The molecule has 1 aliphatic rings. The first-order valence-electron chi connectivity index (χ1n) is 9.84. The summed E-state index contributed by atoms with van der Waals surface area (Å²) in [5, 5.41) is 0.472. The molecule has 1 atom stereocenters. The number of nitrogens with zero attached hydrogens (tertiary/aromatic N) is 1. The highest BCUT2D eigenvalue weighted by Crippen LogP contribution is 2.36. The number of hydrogen-bond donors (Lipinski definition) is 0. The highest BCUT2D eigenvalue weighted by molar-refractivity contribution is 7.99. The first-order chi connectivity index (χ1) is 13.7. The highest BCUT2D eigenvalue weighted by atomic mass is 32.2. The number of thioether (sulfide) groups is 1. The second kappa shape index (κ2) is 8.66. The van der Waals surface area contributed by atoms with Gasteiger partial charge in [-0.05, 0) is 47.7 Å². The predicted octanol–water partition coefficient (Wildman–Crippen LogP) is 5.98. The Morgan fingerprint density at radius 1 is 0.857 bits per heavy atom. The minimum Gasteiger partial charge on any atom is -0.338 e. The Bertz CT molecular complexity index is 936. The van der Waals surface area contributed by atoms with Crippen LogP contribution in [0.3, 0.4) is 0 Å². The van der Waals surface area contributed by atoms with Crippen molar-refractivity contribution in [2.45, 2.75) is 18.6 Å². The smallest absolute Gasteiger partial charge is 0.253 e. The summed E-state index contributed by atoms with van der Waals surface area (Å²) in [4.78, 5) is 15.0. The van der Waals surface area contributed by atoms with E-state index < -0.39 is 0 Å². The summed E-state index contributed by atoms with van der Waals surface area (Å²) in [6.45, 7) is 3.80. The van der Waals surface area contributed by atoms with Gasteiger partial charge in [0.25, 0.3) is 5.91 Å². The summed E-state index contributed by atoms with van der Waals surface area (Å²) >= 11 is 1.97. The van der Waals surface area contributed by atoms with Gasteiger partial charge in [0.15, 0.2) is 0 Å². The molecule has 1 unspecified atom stereocenters. The van der Waals surface area contributed by atoms with Crippen LogP contribution in [0.15, 0.2) is 78.9 Å². The highest BCUT2D eigenvalue weighted by Gasteiger charge is 2.23. The first kappa shape index (κ1) is 18.8. The topological polar surface area (TPSA) is 20.3 Å². The van der Waals surface area contributed by atoms with Gasteiger partial charge in [0.1, 0.15) is 0 Å². The van der Waals surface area contributed by atoms with Gasteiger partial charge >= 0.3 is 0 Å².